The van der Waals surface area contributed by atoms with Crippen LogP contribution in [0, 0.1) is 5.82 Å². The highest BCUT2D eigenvalue weighted by molar-refractivity contribution is 6.31. The molecule has 9 heteroatoms. The number of rotatable bonds is 6. The number of nitrogens with zero attached hydrogens (tertiary/aromatic N) is 2. The van der Waals surface area contributed by atoms with E-state index in [1.807, 2.05) is 0 Å². The first-order valence-electron chi connectivity index (χ1n) is 9.29. The third-order valence-electron chi connectivity index (χ3n) is 4.87. The predicted molar refractivity (Wildman–Crippen MR) is 103 cm³/mol. The number of amides is 2. The quantitative estimate of drug-likeness (QED) is 0.699. The second-order valence-electron chi connectivity index (χ2n) is 6.74. The maximum atomic E-state index is 14.0. The van der Waals surface area contributed by atoms with Crippen LogP contribution in [0.4, 0.5) is 9.18 Å². The summed E-state index contributed by atoms with van der Waals surface area (Å²) in [7, 11) is 0. The van der Waals surface area contributed by atoms with Crippen molar-refractivity contribution in [3.05, 3.63) is 45.9 Å². The lowest BCUT2D eigenvalue weighted by atomic mass is 10.1. The molecule has 2 aliphatic rings. The average molecular weight is 411 g/mol. The van der Waals surface area contributed by atoms with E-state index in [1.165, 1.54) is 6.07 Å². The summed E-state index contributed by atoms with van der Waals surface area (Å²) in [6.45, 7) is 6.02. The summed E-state index contributed by atoms with van der Waals surface area (Å²) in [4.78, 5) is 28.1. The van der Waals surface area contributed by atoms with Crippen molar-refractivity contribution >= 4 is 23.6 Å². The van der Waals surface area contributed by atoms with Crippen molar-refractivity contribution < 1.29 is 18.7 Å². The van der Waals surface area contributed by atoms with E-state index in [4.69, 9.17) is 16.3 Å². The zero-order chi connectivity index (χ0) is 20.1. The highest BCUT2D eigenvalue weighted by Gasteiger charge is 2.26. The first kappa shape index (κ1) is 20.6. The Morgan fingerprint density at radius 3 is 2.54 bits per heavy atom. The lowest BCUT2D eigenvalue weighted by Crippen LogP contribution is -2.50. The van der Waals surface area contributed by atoms with E-state index in [0.29, 0.717) is 34.9 Å². The summed E-state index contributed by atoms with van der Waals surface area (Å²) in [6, 6.07) is 4.39. The van der Waals surface area contributed by atoms with Crippen LogP contribution < -0.4 is 10.6 Å². The minimum atomic E-state index is -0.419. The number of carbonyl (C=O) groups excluding carboxylic acids is 2. The number of esters is 1. The van der Waals surface area contributed by atoms with Crippen LogP contribution >= 0.6 is 11.6 Å². The summed E-state index contributed by atoms with van der Waals surface area (Å²) in [5.74, 6) is -0.714. The van der Waals surface area contributed by atoms with E-state index < -0.39 is 5.97 Å². The Hall–Kier alpha value is -2.16. The molecule has 0 saturated carbocycles. The van der Waals surface area contributed by atoms with Gasteiger partial charge in [0.1, 0.15) is 5.82 Å². The molecule has 2 amide bonds. The maximum Gasteiger partial charge on any atom is 0.337 e. The number of ether oxygens (including phenoxy) is 1. The lowest BCUT2D eigenvalue weighted by Gasteiger charge is -2.36. The highest BCUT2D eigenvalue weighted by Crippen LogP contribution is 2.21. The predicted octanol–water partition coefficient (Wildman–Crippen LogP) is 1.73. The van der Waals surface area contributed by atoms with Crippen LogP contribution in [0.5, 0.6) is 0 Å². The van der Waals surface area contributed by atoms with Gasteiger partial charge in [-0.05, 0) is 19.1 Å². The topological polar surface area (TPSA) is 73.9 Å². The highest BCUT2D eigenvalue weighted by atomic mass is 35.5. The summed E-state index contributed by atoms with van der Waals surface area (Å²) < 4.78 is 19.1. The molecule has 0 spiro atoms. The number of piperazine rings is 1. The number of hydrogen-bond donors (Lipinski definition) is 2. The van der Waals surface area contributed by atoms with Crippen LogP contribution in [0.1, 0.15) is 12.5 Å². The maximum absolute atomic E-state index is 14.0. The van der Waals surface area contributed by atoms with Crippen molar-refractivity contribution in [2.75, 3.05) is 45.9 Å². The molecule has 3 rings (SSSR count). The fraction of sp³-hybridized carbons (Fsp3) is 0.474. The fourth-order valence-electron chi connectivity index (χ4n) is 3.32. The molecule has 2 heterocycles. The van der Waals surface area contributed by atoms with Crippen LogP contribution in [-0.4, -0.2) is 67.7 Å². The number of benzene rings is 1. The third-order valence-corrected chi connectivity index (χ3v) is 5.22. The van der Waals surface area contributed by atoms with E-state index in [9.17, 15) is 14.0 Å². The van der Waals surface area contributed by atoms with Gasteiger partial charge >= 0.3 is 12.0 Å². The van der Waals surface area contributed by atoms with E-state index >= 15 is 0 Å². The summed E-state index contributed by atoms with van der Waals surface area (Å²) in [5.41, 5.74) is 1.53. The van der Waals surface area contributed by atoms with Gasteiger partial charge in [-0.25, -0.2) is 14.0 Å². The number of halogens is 2. The zero-order valence-electron chi connectivity index (χ0n) is 15.8. The van der Waals surface area contributed by atoms with Gasteiger partial charge in [0.15, 0.2) is 0 Å². The van der Waals surface area contributed by atoms with Gasteiger partial charge in [0.05, 0.1) is 18.7 Å². The van der Waals surface area contributed by atoms with Crippen molar-refractivity contribution in [1.29, 1.82) is 0 Å². The number of nitrogens with one attached hydrogen (secondary N) is 2. The molecular weight excluding hydrogens is 387 g/mol. The molecule has 0 atom stereocenters. The van der Waals surface area contributed by atoms with Gasteiger partial charge < -0.3 is 15.4 Å². The van der Waals surface area contributed by atoms with Crippen molar-refractivity contribution in [3.8, 4) is 0 Å². The molecule has 1 aromatic carbocycles. The van der Waals surface area contributed by atoms with E-state index in [-0.39, 0.29) is 25.0 Å². The molecule has 0 unspecified atom stereocenters. The molecular formula is C19H24ClFN4O3. The van der Waals surface area contributed by atoms with E-state index in [0.717, 1.165) is 26.2 Å². The molecule has 7 nitrogen and oxygen atoms in total. The Morgan fingerprint density at radius 1 is 1.21 bits per heavy atom. The van der Waals surface area contributed by atoms with Gasteiger partial charge in [-0.3, -0.25) is 9.80 Å². The SMILES string of the molecule is CCOC(=O)C1=C(CN2CCN(Cc3c(F)cccc3Cl)CC2)NC(=O)NC1. The molecule has 1 saturated heterocycles. The van der Waals surface area contributed by atoms with Gasteiger partial charge in [0.2, 0.25) is 0 Å². The Bertz CT molecular complexity index is 758. The minimum Gasteiger partial charge on any atom is -0.463 e. The molecule has 28 heavy (non-hydrogen) atoms. The van der Waals surface area contributed by atoms with Crippen molar-refractivity contribution in [2.24, 2.45) is 0 Å². The van der Waals surface area contributed by atoms with Crippen LogP contribution in [0.2, 0.25) is 5.02 Å². The Kier molecular flexibility index (Phi) is 6.88. The molecule has 1 fully saturated rings. The van der Waals surface area contributed by atoms with Gasteiger partial charge in [-0.1, -0.05) is 17.7 Å². The van der Waals surface area contributed by atoms with Gasteiger partial charge in [-0.2, -0.15) is 0 Å². The second kappa shape index (κ2) is 9.36. The molecule has 0 aromatic heterocycles. The van der Waals surface area contributed by atoms with Gasteiger partial charge in [0.25, 0.3) is 0 Å². The summed E-state index contributed by atoms with van der Waals surface area (Å²) in [5, 5.41) is 5.76. The van der Waals surface area contributed by atoms with Gasteiger partial charge in [0, 0.05) is 55.6 Å². The standard InChI is InChI=1S/C19H24ClFN4O3/c1-2-28-18(26)13-10-22-19(27)23-17(13)12-25-8-6-24(7-9-25)11-14-15(20)4-3-5-16(14)21/h3-5H,2,6-12H2,1H3,(H2,22,23,27). The summed E-state index contributed by atoms with van der Waals surface area (Å²) in [6.07, 6.45) is 0. The molecule has 2 N–H and O–H groups in total. The molecule has 0 bridgehead atoms. The van der Waals surface area contributed by atoms with Crippen molar-refractivity contribution in [2.45, 2.75) is 13.5 Å². The Balaban J connectivity index is 1.59. The fourth-order valence-corrected chi connectivity index (χ4v) is 3.54. The molecule has 152 valence electrons. The largest absolute Gasteiger partial charge is 0.463 e. The van der Waals surface area contributed by atoms with Crippen LogP contribution in [-0.2, 0) is 16.1 Å². The second-order valence-corrected chi connectivity index (χ2v) is 7.14. The average Bonchev–Trinajstić information content (AvgIpc) is 2.66. The van der Waals surface area contributed by atoms with Crippen LogP contribution in [0.25, 0.3) is 0 Å². The van der Waals surface area contributed by atoms with Crippen LogP contribution in [0.3, 0.4) is 0 Å². The first-order valence-corrected chi connectivity index (χ1v) is 9.67. The normalized spacial score (nSPS) is 18.6. The monoisotopic (exact) mass is 410 g/mol. The van der Waals surface area contributed by atoms with E-state index in [1.54, 1.807) is 19.1 Å². The first-order chi connectivity index (χ1) is 13.5. The number of hydrogen-bond acceptors (Lipinski definition) is 5. The van der Waals surface area contributed by atoms with E-state index in [2.05, 4.69) is 20.4 Å². The lowest BCUT2D eigenvalue weighted by molar-refractivity contribution is -0.138. The van der Waals surface area contributed by atoms with Gasteiger partial charge in [-0.15, -0.1) is 0 Å². The molecule has 0 radical (unpaired) electrons. The molecule has 1 aromatic rings. The Labute approximate surface area is 168 Å². The van der Waals surface area contributed by atoms with Crippen LogP contribution in [0.15, 0.2) is 29.5 Å². The number of carbonyl (C=O) groups is 2. The number of urea groups is 1. The molecule has 2 aliphatic heterocycles. The third kappa shape index (κ3) is 5.01. The summed E-state index contributed by atoms with van der Waals surface area (Å²) >= 11 is 6.12. The van der Waals surface area contributed by atoms with Crippen molar-refractivity contribution in [3.63, 3.8) is 0 Å². The zero-order valence-corrected chi connectivity index (χ0v) is 16.5. The Morgan fingerprint density at radius 2 is 1.89 bits per heavy atom. The molecule has 0 aliphatic carbocycles. The van der Waals surface area contributed by atoms with Crippen molar-refractivity contribution in [1.82, 2.24) is 20.4 Å². The minimum absolute atomic E-state index is 0.158. The smallest absolute Gasteiger partial charge is 0.337 e.